The van der Waals surface area contributed by atoms with Gasteiger partial charge < -0.3 is 4.74 Å². The molecule has 1 atom stereocenters. The molecule has 1 N–H and O–H groups in total. The minimum atomic E-state index is -3.69. The van der Waals surface area contributed by atoms with Gasteiger partial charge in [-0.25, -0.2) is 13.8 Å². The van der Waals surface area contributed by atoms with Crippen LogP contribution >= 0.6 is 0 Å². The fourth-order valence-corrected chi connectivity index (χ4v) is 3.43. The van der Waals surface area contributed by atoms with E-state index in [2.05, 4.69) is 15.5 Å². The van der Waals surface area contributed by atoms with E-state index in [9.17, 15) is 13.2 Å². The van der Waals surface area contributed by atoms with Crippen molar-refractivity contribution in [2.45, 2.75) is 13.0 Å². The summed E-state index contributed by atoms with van der Waals surface area (Å²) in [6.07, 6.45) is 5.67. The molecule has 0 bridgehead atoms. The van der Waals surface area contributed by atoms with E-state index < -0.39 is 22.0 Å². The molecule has 0 aliphatic heterocycles. The number of methoxy groups -OCH3 is 1. The highest BCUT2D eigenvalue weighted by atomic mass is 32.2. The first-order valence-electron chi connectivity index (χ1n) is 7.69. The Balaban J connectivity index is 2.16. The molecule has 2 rings (SSSR count). The van der Waals surface area contributed by atoms with Crippen LogP contribution in [0.5, 0.6) is 5.75 Å². The number of hydrogen-bond acceptors (Lipinski definition) is 6. The summed E-state index contributed by atoms with van der Waals surface area (Å²) in [5, 5.41) is 3.84. The Morgan fingerprint density at radius 3 is 2.54 bits per heavy atom. The highest BCUT2D eigenvalue weighted by Crippen LogP contribution is 2.23. The molecule has 1 amide bonds. The highest BCUT2D eigenvalue weighted by Gasteiger charge is 2.29. The van der Waals surface area contributed by atoms with Crippen LogP contribution in [0.1, 0.15) is 12.5 Å². The molecule has 138 valence electrons. The van der Waals surface area contributed by atoms with Crippen molar-refractivity contribution in [1.29, 1.82) is 0 Å². The lowest BCUT2D eigenvalue weighted by Crippen LogP contribution is -2.46. The average molecular weight is 376 g/mol. The number of sulfonamides is 1. The number of aromatic nitrogens is 1. The summed E-state index contributed by atoms with van der Waals surface area (Å²) >= 11 is 0. The molecule has 1 aromatic carbocycles. The first kappa shape index (κ1) is 19.4. The van der Waals surface area contributed by atoms with Gasteiger partial charge in [0.2, 0.25) is 10.0 Å². The van der Waals surface area contributed by atoms with Crippen molar-refractivity contribution in [1.82, 2.24) is 10.4 Å². The van der Waals surface area contributed by atoms with Crippen molar-refractivity contribution in [3.63, 3.8) is 0 Å². The molecule has 0 spiro atoms. The second-order valence-electron chi connectivity index (χ2n) is 5.45. The van der Waals surface area contributed by atoms with Gasteiger partial charge >= 0.3 is 0 Å². The third-order valence-corrected chi connectivity index (χ3v) is 4.73. The van der Waals surface area contributed by atoms with Crippen molar-refractivity contribution < 1.29 is 17.9 Å². The molecule has 0 aliphatic carbocycles. The van der Waals surface area contributed by atoms with Crippen LogP contribution in [0.25, 0.3) is 0 Å². The number of hydrogen-bond donors (Lipinski definition) is 1. The van der Waals surface area contributed by atoms with Crippen molar-refractivity contribution in [2.24, 2.45) is 5.10 Å². The number of pyridine rings is 1. The van der Waals surface area contributed by atoms with Crippen molar-refractivity contribution in [3.8, 4) is 5.75 Å². The minimum absolute atomic E-state index is 0.354. The minimum Gasteiger partial charge on any atom is -0.497 e. The van der Waals surface area contributed by atoms with Crippen molar-refractivity contribution >= 4 is 27.8 Å². The second kappa shape index (κ2) is 8.43. The number of amides is 1. The summed E-state index contributed by atoms with van der Waals surface area (Å²) in [6, 6.07) is 8.90. The molecule has 0 saturated heterocycles. The van der Waals surface area contributed by atoms with Crippen LogP contribution < -0.4 is 14.5 Å². The van der Waals surface area contributed by atoms with E-state index in [1.54, 1.807) is 48.8 Å². The zero-order valence-corrected chi connectivity index (χ0v) is 15.5. The van der Waals surface area contributed by atoms with Gasteiger partial charge in [0.25, 0.3) is 5.91 Å². The number of rotatable bonds is 7. The van der Waals surface area contributed by atoms with E-state index in [0.29, 0.717) is 17.0 Å². The molecule has 0 fully saturated rings. The number of nitrogens with zero attached hydrogens (tertiary/aromatic N) is 3. The average Bonchev–Trinajstić information content (AvgIpc) is 2.62. The number of carbonyl (C=O) groups is 1. The molecule has 2 aromatic rings. The fraction of sp³-hybridized carbons (Fsp3) is 0.235. The Kier molecular flexibility index (Phi) is 6.29. The van der Waals surface area contributed by atoms with Gasteiger partial charge in [0, 0.05) is 18.0 Å². The molecule has 0 radical (unpaired) electrons. The SMILES string of the molecule is COc1ccc(N([C@@H](C)C(=O)N/N=C\c2cccnc2)S(C)(=O)=O)cc1. The van der Waals surface area contributed by atoms with Gasteiger partial charge in [-0.05, 0) is 37.3 Å². The van der Waals surface area contributed by atoms with Crippen LogP contribution in [0.3, 0.4) is 0 Å². The maximum absolute atomic E-state index is 12.3. The molecule has 1 heterocycles. The van der Waals surface area contributed by atoms with E-state index in [0.717, 1.165) is 10.6 Å². The predicted octanol–water partition coefficient (Wildman–Crippen LogP) is 1.39. The Bertz CT molecular complexity index is 867. The molecule has 8 nitrogen and oxygen atoms in total. The van der Waals surface area contributed by atoms with E-state index >= 15 is 0 Å². The third kappa shape index (κ3) is 5.03. The van der Waals surface area contributed by atoms with E-state index in [-0.39, 0.29) is 0 Å². The topological polar surface area (TPSA) is 101 Å². The van der Waals surface area contributed by atoms with Crippen molar-refractivity contribution in [2.75, 3.05) is 17.7 Å². The quantitative estimate of drug-likeness (QED) is 0.581. The van der Waals surface area contributed by atoms with Crippen LogP contribution in [0.2, 0.25) is 0 Å². The second-order valence-corrected chi connectivity index (χ2v) is 7.31. The van der Waals surface area contributed by atoms with Gasteiger partial charge in [0.15, 0.2) is 0 Å². The molecule has 0 aliphatic rings. The largest absolute Gasteiger partial charge is 0.497 e. The lowest BCUT2D eigenvalue weighted by atomic mass is 10.2. The smallest absolute Gasteiger partial charge is 0.263 e. The van der Waals surface area contributed by atoms with Gasteiger partial charge in [0.05, 0.1) is 25.3 Å². The highest BCUT2D eigenvalue weighted by molar-refractivity contribution is 7.92. The van der Waals surface area contributed by atoms with Crippen LogP contribution in [0.4, 0.5) is 5.69 Å². The standard InChI is InChI=1S/C17H20N4O4S/c1-13(17(22)20-19-12-14-5-4-10-18-11-14)21(26(3,23)24)15-6-8-16(25-2)9-7-15/h4-13H,1-3H3,(H,20,22)/b19-12-/t13-/m0/s1. The van der Waals surface area contributed by atoms with E-state index in [1.807, 2.05) is 0 Å². The number of benzene rings is 1. The van der Waals surface area contributed by atoms with Crippen LogP contribution in [-0.4, -0.2) is 44.9 Å². The summed E-state index contributed by atoms with van der Waals surface area (Å²) in [6.45, 7) is 1.49. The van der Waals surface area contributed by atoms with Gasteiger partial charge in [0.1, 0.15) is 11.8 Å². The van der Waals surface area contributed by atoms with Crippen LogP contribution in [0, 0.1) is 0 Å². The number of nitrogens with one attached hydrogen (secondary N) is 1. The zero-order chi connectivity index (χ0) is 19.2. The summed E-state index contributed by atoms with van der Waals surface area (Å²) in [5.74, 6) is 0.0201. The van der Waals surface area contributed by atoms with Gasteiger partial charge in [-0.2, -0.15) is 5.10 Å². The number of ether oxygens (including phenoxy) is 1. The van der Waals surface area contributed by atoms with Gasteiger partial charge in [-0.3, -0.25) is 14.1 Å². The van der Waals surface area contributed by atoms with Gasteiger partial charge in [-0.15, -0.1) is 0 Å². The molecule has 0 saturated carbocycles. The Labute approximate surface area is 152 Å². The Morgan fingerprint density at radius 1 is 1.31 bits per heavy atom. The van der Waals surface area contributed by atoms with E-state index in [1.165, 1.54) is 20.2 Å². The fourth-order valence-electron chi connectivity index (χ4n) is 2.25. The van der Waals surface area contributed by atoms with E-state index in [4.69, 9.17) is 4.74 Å². The Hall–Kier alpha value is -2.94. The molecule has 1 aromatic heterocycles. The molecule has 0 unspecified atom stereocenters. The lowest BCUT2D eigenvalue weighted by molar-refractivity contribution is -0.121. The summed E-state index contributed by atoms with van der Waals surface area (Å²) in [5.41, 5.74) is 3.41. The maximum Gasteiger partial charge on any atom is 0.263 e. The van der Waals surface area contributed by atoms with Gasteiger partial charge in [-0.1, -0.05) is 6.07 Å². The van der Waals surface area contributed by atoms with Crippen molar-refractivity contribution in [3.05, 3.63) is 54.4 Å². The number of carbonyl (C=O) groups excluding carboxylic acids is 1. The molecule has 26 heavy (non-hydrogen) atoms. The Morgan fingerprint density at radius 2 is 2.00 bits per heavy atom. The molecular formula is C17H20N4O4S. The maximum atomic E-state index is 12.3. The number of hydrazone groups is 1. The van der Waals surface area contributed by atoms with Crippen LogP contribution in [-0.2, 0) is 14.8 Å². The third-order valence-electron chi connectivity index (χ3n) is 3.49. The summed E-state index contributed by atoms with van der Waals surface area (Å²) in [7, 11) is -2.18. The van der Waals surface area contributed by atoms with Crippen LogP contribution in [0.15, 0.2) is 53.9 Å². The first-order valence-corrected chi connectivity index (χ1v) is 9.54. The zero-order valence-electron chi connectivity index (χ0n) is 14.7. The monoisotopic (exact) mass is 376 g/mol. The summed E-state index contributed by atoms with van der Waals surface area (Å²) < 4.78 is 30.5. The lowest BCUT2D eigenvalue weighted by Gasteiger charge is -2.27. The summed E-state index contributed by atoms with van der Waals surface area (Å²) in [4.78, 5) is 16.3. The molecular weight excluding hydrogens is 356 g/mol. The predicted molar refractivity (Wildman–Crippen MR) is 99.8 cm³/mol. The first-order chi connectivity index (χ1) is 12.3. The normalized spacial score (nSPS) is 12.6. The molecule has 9 heteroatoms. The number of anilines is 1.